The standard InChI is InChI=1S/C37H53N10O19P3S2/c1-36(2,15-63-69(60,61)66-68(58,59)62-14-19-25(65-67(55,56)57)24(49)33(64-19)46-17-44-22-28(39)42-16-43-29(22)46)27(50)31(52)41-11-10-20(48)40-12-13-70-35(54)26-37(3,4)71-34-23(32(53)47(26)34)45-30(51)21(38)18-8-6-5-7-9-18/h5-9,16-17,19,21,23-27,33-34,49-50H,10-15,38H2,1-4H3,(H,40,48)(H,41,52)(H,45,51)(H,58,59)(H,60,61)(H2,39,42,43)(H2,55,56,57)/t19?,21-,23-,24?,25?,26+,27?,33?,34-/m1/s1. The number of ether oxygens (including phenoxy) is 1. The van der Waals surface area contributed by atoms with E-state index < -0.39 is 125 Å². The lowest BCUT2D eigenvalue weighted by Gasteiger charge is -2.44. The third-order valence-corrected chi connectivity index (χ3v) is 16.7. The summed E-state index contributed by atoms with van der Waals surface area (Å²) in [6.07, 6.45) is -7.19. The molecule has 4 amide bonds. The molecule has 2 aromatic heterocycles. The molecule has 1 aromatic carbocycles. The van der Waals surface area contributed by atoms with Crippen molar-refractivity contribution in [3.8, 4) is 0 Å². The predicted molar refractivity (Wildman–Crippen MR) is 248 cm³/mol. The molecule has 392 valence electrons. The zero-order chi connectivity index (χ0) is 52.4. The Bertz CT molecular complexity index is 2630. The predicted octanol–water partition coefficient (Wildman–Crippen LogP) is -1.09. The van der Waals surface area contributed by atoms with Crippen molar-refractivity contribution in [2.45, 2.75) is 93.0 Å². The molecule has 3 aromatic rings. The Hall–Kier alpha value is -3.97. The Morgan fingerprint density at radius 1 is 1.00 bits per heavy atom. The van der Waals surface area contributed by atoms with Gasteiger partial charge in [0.15, 0.2) is 17.7 Å². The average Bonchev–Trinajstić information content (AvgIpc) is 3.93. The van der Waals surface area contributed by atoms with E-state index in [0.717, 1.165) is 29.0 Å². The van der Waals surface area contributed by atoms with Crippen LogP contribution in [0.4, 0.5) is 5.82 Å². The summed E-state index contributed by atoms with van der Waals surface area (Å²) in [5, 5.41) is 28.5. The number of benzene rings is 1. The number of carbonyl (C=O) groups is 5. The highest BCUT2D eigenvalue weighted by Gasteiger charge is 2.64. The van der Waals surface area contributed by atoms with E-state index in [-0.39, 0.29) is 47.4 Å². The number of anilines is 1. The summed E-state index contributed by atoms with van der Waals surface area (Å²) in [6.45, 7) is 3.77. The smallest absolute Gasteiger partial charge is 0.386 e. The minimum absolute atomic E-state index is 0.0152. The van der Waals surface area contributed by atoms with Gasteiger partial charge in [-0.15, -0.1) is 11.8 Å². The number of amides is 4. The number of nitrogens with two attached hydrogens (primary N) is 2. The lowest BCUT2D eigenvalue weighted by molar-refractivity contribution is -0.153. The summed E-state index contributed by atoms with van der Waals surface area (Å²) in [5.74, 6) is -2.41. The number of phosphoric ester groups is 3. The molecule has 0 saturated carbocycles. The highest BCUT2D eigenvalue weighted by atomic mass is 32.2. The number of hydrogen-bond acceptors (Lipinski definition) is 22. The van der Waals surface area contributed by atoms with Gasteiger partial charge in [-0.3, -0.25) is 42.1 Å². The van der Waals surface area contributed by atoms with Gasteiger partial charge in [-0.2, -0.15) is 4.31 Å². The number of fused-ring (bicyclic) bond motifs is 2. The highest BCUT2D eigenvalue weighted by molar-refractivity contribution is 8.14. The summed E-state index contributed by atoms with van der Waals surface area (Å²) in [7, 11) is -16.5. The van der Waals surface area contributed by atoms with E-state index >= 15 is 0 Å². The number of β-lactam (4-membered cyclic amide) rings is 1. The Balaban J connectivity index is 0.895. The number of nitrogens with zero attached hydrogens (tertiary/aromatic N) is 5. The Kier molecular flexibility index (Phi) is 17.7. The van der Waals surface area contributed by atoms with Crippen molar-refractivity contribution < 1.29 is 90.1 Å². The molecule has 0 bridgehead atoms. The molecule has 34 heteroatoms. The molecule has 3 aliphatic heterocycles. The Morgan fingerprint density at radius 3 is 2.35 bits per heavy atom. The second-order valence-electron chi connectivity index (χ2n) is 17.4. The van der Waals surface area contributed by atoms with E-state index in [4.69, 9.17) is 25.3 Å². The Morgan fingerprint density at radius 2 is 1.68 bits per heavy atom. The molecule has 0 spiro atoms. The first-order valence-corrected chi connectivity index (χ1v) is 27.6. The number of thioether (sulfide) groups is 2. The molecule has 0 radical (unpaired) electrons. The van der Waals surface area contributed by atoms with Crippen molar-refractivity contribution >= 4 is 92.7 Å². The van der Waals surface area contributed by atoms with Crippen LogP contribution in [0.2, 0.25) is 0 Å². The molecule has 5 heterocycles. The highest BCUT2D eigenvalue weighted by Crippen LogP contribution is 2.61. The lowest BCUT2D eigenvalue weighted by atomic mass is 9.87. The number of nitrogen functional groups attached to an aromatic ring is 1. The summed E-state index contributed by atoms with van der Waals surface area (Å²) < 4.78 is 61.8. The minimum atomic E-state index is -5.62. The van der Waals surface area contributed by atoms with E-state index in [1.165, 1.54) is 30.5 Å². The first-order valence-electron chi connectivity index (χ1n) is 21.2. The molecule has 29 nitrogen and oxygen atoms in total. The lowest BCUT2D eigenvalue weighted by Crippen LogP contribution is -2.70. The molecule has 3 saturated heterocycles. The van der Waals surface area contributed by atoms with Crippen LogP contribution in [0, 0.1) is 5.41 Å². The van der Waals surface area contributed by atoms with E-state index in [9.17, 15) is 67.5 Å². The minimum Gasteiger partial charge on any atom is -0.386 e. The zero-order valence-corrected chi connectivity index (χ0v) is 42.3. The molecule has 13 N–H and O–H groups in total. The van der Waals surface area contributed by atoms with Crippen LogP contribution in [0.3, 0.4) is 0 Å². The summed E-state index contributed by atoms with van der Waals surface area (Å²) in [5.41, 5.74) is 10.9. The number of carbonyl (C=O) groups excluding carboxylic acids is 5. The van der Waals surface area contributed by atoms with Gasteiger partial charge in [-0.1, -0.05) is 55.9 Å². The van der Waals surface area contributed by atoms with Gasteiger partial charge in [0.2, 0.25) is 28.7 Å². The quantitative estimate of drug-likeness (QED) is 0.0305. The van der Waals surface area contributed by atoms with Crippen molar-refractivity contribution in [3.05, 3.63) is 48.5 Å². The first kappa shape index (κ1) is 56.3. The van der Waals surface area contributed by atoms with Gasteiger partial charge in [0.05, 0.1) is 19.5 Å². The normalized spacial score (nSPS) is 25.6. The average molecular weight is 1100 g/mol. The number of hydrogen-bond donors (Lipinski definition) is 11. The molecule has 3 fully saturated rings. The van der Waals surface area contributed by atoms with E-state index in [1.807, 2.05) is 13.8 Å². The van der Waals surface area contributed by atoms with Gasteiger partial charge >= 0.3 is 23.5 Å². The maximum atomic E-state index is 13.4. The third-order valence-electron chi connectivity index (χ3n) is 11.1. The summed E-state index contributed by atoms with van der Waals surface area (Å²) in [6, 6.07) is 6.02. The molecule has 0 aliphatic carbocycles. The molecule has 71 heavy (non-hydrogen) atoms. The second kappa shape index (κ2) is 22.2. The molecular formula is C37H53N10O19P3S2. The maximum Gasteiger partial charge on any atom is 0.481 e. The zero-order valence-electron chi connectivity index (χ0n) is 38.0. The molecule has 7 unspecified atom stereocenters. The second-order valence-corrected chi connectivity index (χ2v) is 24.5. The van der Waals surface area contributed by atoms with E-state index in [2.05, 4.69) is 39.7 Å². The molecule has 11 atom stereocenters. The van der Waals surface area contributed by atoms with Gasteiger partial charge < -0.3 is 66.8 Å². The number of nitrogens with one attached hydrogen (secondary N) is 3. The fraction of sp³-hybridized carbons (Fsp3) is 0.568. The van der Waals surface area contributed by atoms with Gasteiger partial charge in [-0.05, 0) is 19.4 Å². The van der Waals surface area contributed by atoms with Gasteiger partial charge in [0.25, 0.3) is 0 Å². The fourth-order valence-electron chi connectivity index (χ4n) is 7.54. The molecule has 3 aliphatic rings. The number of aliphatic hydroxyl groups is 2. The van der Waals surface area contributed by atoms with Crippen LogP contribution in [-0.2, 0) is 60.3 Å². The summed E-state index contributed by atoms with van der Waals surface area (Å²) in [4.78, 5) is 117. The van der Waals surface area contributed by atoms with E-state index in [1.54, 1.807) is 30.3 Å². The van der Waals surface area contributed by atoms with Crippen molar-refractivity contribution in [1.29, 1.82) is 0 Å². The summed E-state index contributed by atoms with van der Waals surface area (Å²) >= 11 is 2.30. The number of aromatic nitrogens is 4. The SMILES string of the molecule is CC(C)(COP(=O)(O)OP(=O)(O)OCC1OC(n2cnc3c(N)ncnc32)C(O)C1OP(=O)(O)O)C(O)C(=O)NCCC(=O)NCCSC(=O)[C@@H]1N2C(=O)[C@@H](NC(=O)[C@H](N)c3ccccc3)[C@H]2SC1(C)C. The topological polar surface area (TPSA) is 439 Å². The number of rotatable bonds is 23. The maximum absolute atomic E-state index is 13.4. The Labute approximate surface area is 412 Å². The van der Waals surface area contributed by atoms with Crippen LogP contribution >= 0.6 is 47.0 Å². The monoisotopic (exact) mass is 1100 g/mol. The van der Waals surface area contributed by atoms with Crippen LogP contribution in [-0.4, -0.2) is 162 Å². The van der Waals surface area contributed by atoms with Crippen molar-refractivity contribution in [2.24, 2.45) is 11.1 Å². The third kappa shape index (κ3) is 13.6. The van der Waals surface area contributed by atoms with Crippen LogP contribution < -0.4 is 27.4 Å². The van der Waals surface area contributed by atoms with Crippen molar-refractivity contribution in [3.63, 3.8) is 0 Å². The fourth-order valence-corrected chi connectivity index (χ4v) is 13.0. The van der Waals surface area contributed by atoms with Gasteiger partial charge in [0.1, 0.15) is 59.8 Å². The van der Waals surface area contributed by atoms with Gasteiger partial charge in [-0.25, -0.2) is 28.6 Å². The number of phosphoric acid groups is 3. The number of imidazole rings is 1. The molecule has 6 rings (SSSR count). The van der Waals surface area contributed by atoms with Crippen LogP contribution in [0.1, 0.15) is 51.9 Å². The van der Waals surface area contributed by atoms with Crippen LogP contribution in [0.25, 0.3) is 11.2 Å². The van der Waals surface area contributed by atoms with Crippen molar-refractivity contribution in [2.75, 3.05) is 37.8 Å². The molecular weight excluding hydrogens is 1050 g/mol. The van der Waals surface area contributed by atoms with Crippen LogP contribution in [0.5, 0.6) is 0 Å². The van der Waals surface area contributed by atoms with E-state index in [0.29, 0.717) is 5.56 Å². The van der Waals surface area contributed by atoms with Crippen LogP contribution in [0.15, 0.2) is 43.0 Å². The number of aliphatic hydroxyl groups excluding tert-OH is 2. The van der Waals surface area contributed by atoms with Gasteiger partial charge in [0, 0.05) is 35.4 Å². The van der Waals surface area contributed by atoms with Crippen molar-refractivity contribution in [1.82, 2.24) is 40.4 Å². The first-order chi connectivity index (χ1) is 33.0. The largest absolute Gasteiger partial charge is 0.481 e.